The largest absolute Gasteiger partial charge is 0.489 e. The second-order valence-electron chi connectivity index (χ2n) is 6.13. The molecule has 0 aliphatic carbocycles. The molecular formula is C18H21ClN2O4. The van der Waals surface area contributed by atoms with Gasteiger partial charge in [-0.3, -0.25) is 9.59 Å². The maximum absolute atomic E-state index is 12.5. The Morgan fingerprint density at radius 2 is 1.96 bits per heavy atom. The van der Waals surface area contributed by atoms with E-state index < -0.39 is 0 Å². The predicted octanol–water partition coefficient (Wildman–Crippen LogP) is 2.86. The van der Waals surface area contributed by atoms with Crippen LogP contribution in [0.2, 0.25) is 5.02 Å². The van der Waals surface area contributed by atoms with Crippen molar-refractivity contribution in [1.29, 1.82) is 0 Å². The molecule has 134 valence electrons. The normalized spacial score (nSPS) is 17.6. The van der Waals surface area contributed by atoms with Gasteiger partial charge in [0, 0.05) is 37.2 Å². The third-order valence-corrected chi connectivity index (χ3v) is 4.70. The zero-order valence-corrected chi connectivity index (χ0v) is 14.7. The van der Waals surface area contributed by atoms with E-state index in [4.69, 9.17) is 21.1 Å². The second-order valence-corrected chi connectivity index (χ2v) is 6.54. The molecule has 6 nitrogen and oxygen atoms in total. The van der Waals surface area contributed by atoms with Crippen molar-refractivity contribution in [3.63, 3.8) is 0 Å². The van der Waals surface area contributed by atoms with Gasteiger partial charge in [0.1, 0.15) is 0 Å². The first-order chi connectivity index (χ1) is 12.1. The molecule has 0 saturated carbocycles. The molecular weight excluding hydrogens is 344 g/mol. The minimum Gasteiger partial charge on any atom is -0.489 e. The topological polar surface area (TPSA) is 67.9 Å². The molecule has 0 spiro atoms. The fourth-order valence-corrected chi connectivity index (χ4v) is 3.30. The van der Waals surface area contributed by atoms with E-state index in [1.165, 1.54) is 6.08 Å². The van der Waals surface area contributed by atoms with Gasteiger partial charge in [-0.2, -0.15) is 0 Å². The van der Waals surface area contributed by atoms with Crippen LogP contribution in [0.1, 0.15) is 19.3 Å². The van der Waals surface area contributed by atoms with Crippen molar-refractivity contribution in [1.82, 2.24) is 4.90 Å². The van der Waals surface area contributed by atoms with Crippen LogP contribution in [0.3, 0.4) is 0 Å². The Hall–Kier alpha value is -2.21. The lowest BCUT2D eigenvalue weighted by Gasteiger charge is -2.30. The number of nitrogens with zero attached hydrogens (tertiary/aromatic N) is 1. The number of ether oxygens (including phenoxy) is 2. The number of carbonyl (C=O) groups is 2. The minimum absolute atomic E-state index is 0.0729. The summed E-state index contributed by atoms with van der Waals surface area (Å²) < 4.78 is 11.2. The number of piperidine rings is 1. The van der Waals surface area contributed by atoms with E-state index in [-0.39, 0.29) is 17.7 Å². The number of rotatable bonds is 3. The van der Waals surface area contributed by atoms with E-state index >= 15 is 0 Å². The lowest BCUT2D eigenvalue weighted by Crippen LogP contribution is -2.40. The van der Waals surface area contributed by atoms with Gasteiger partial charge < -0.3 is 19.7 Å². The maximum Gasteiger partial charge on any atom is 0.245 e. The van der Waals surface area contributed by atoms with E-state index in [9.17, 15) is 9.59 Å². The van der Waals surface area contributed by atoms with Gasteiger partial charge in [-0.25, -0.2) is 0 Å². The average Bonchev–Trinajstić information content (AvgIpc) is 2.87. The number of carbonyl (C=O) groups excluding carboxylic acids is 2. The van der Waals surface area contributed by atoms with Crippen LogP contribution in [-0.2, 0) is 9.59 Å². The Bertz CT molecular complexity index is 684. The molecule has 3 rings (SSSR count). The van der Waals surface area contributed by atoms with E-state index in [1.807, 2.05) is 0 Å². The van der Waals surface area contributed by atoms with Gasteiger partial charge in [0.15, 0.2) is 11.5 Å². The van der Waals surface area contributed by atoms with Crippen molar-refractivity contribution in [3.8, 4) is 11.5 Å². The number of likely N-dealkylation sites (tertiary alicyclic amines) is 1. The van der Waals surface area contributed by atoms with E-state index in [0.717, 1.165) is 6.42 Å². The summed E-state index contributed by atoms with van der Waals surface area (Å²) in [6.45, 7) is 5.72. The highest BCUT2D eigenvalue weighted by Crippen LogP contribution is 2.39. The monoisotopic (exact) mass is 364 g/mol. The summed E-state index contributed by atoms with van der Waals surface area (Å²) in [5, 5.41) is 3.32. The van der Waals surface area contributed by atoms with Gasteiger partial charge in [0.25, 0.3) is 0 Å². The molecule has 1 aromatic carbocycles. The molecule has 2 aliphatic rings. The van der Waals surface area contributed by atoms with E-state index in [0.29, 0.717) is 61.4 Å². The Morgan fingerprint density at radius 3 is 2.68 bits per heavy atom. The van der Waals surface area contributed by atoms with Crippen LogP contribution in [-0.4, -0.2) is 43.0 Å². The fraction of sp³-hybridized carbons (Fsp3) is 0.444. The van der Waals surface area contributed by atoms with Crippen molar-refractivity contribution < 1.29 is 19.1 Å². The summed E-state index contributed by atoms with van der Waals surface area (Å²) in [6.07, 6.45) is 3.35. The fourth-order valence-electron chi connectivity index (χ4n) is 3.04. The van der Waals surface area contributed by atoms with Crippen LogP contribution in [0.15, 0.2) is 24.8 Å². The molecule has 0 bridgehead atoms. The average molecular weight is 365 g/mol. The number of fused-ring (bicyclic) bond motifs is 1. The van der Waals surface area contributed by atoms with Crippen molar-refractivity contribution in [2.75, 3.05) is 31.6 Å². The molecule has 2 amide bonds. The Balaban J connectivity index is 1.64. The lowest BCUT2D eigenvalue weighted by molar-refractivity contribution is -0.130. The summed E-state index contributed by atoms with van der Waals surface area (Å²) in [7, 11) is 0. The van der Waals surface area contributed by atoms with Crippen LogP contribution in [0.5, 0.6) is 11.5 Å². The van der Waals surface area contributed by atoms with E-state index in [2.05, 4.69) is 11.9 Å². The molecule has 0 radical (unpaired) electrons. The zero-order valence-electron chi connectivity index (χ0n) is 13.9. The molecule has 0 atom stereocenters. The molecule has 0 unspecified atom stereocenters. The first-order valence-electron chi connectivity index (χ1n) is 8.40. The molecule has 1 fully saturated rings. The van der Waals surface area contributed by atoms with Gasteiger partial charge >= 0.3 is 0 Å². The highest BCUT2D eigenvalue weighted by molar-refractivity contribution is 6.32. The van der Waals surface area contributed by atoms with Gasteiger partial charge in [-0.05, 0) is 25.0 Å². The first kappa shape index (κ1) is 17.6. The standard InChI is InChI=1S/C18H21ClN2O4/c1-2-16(22)21-6-4-12(5-7-21)18(23)20-13-10-14(19)17-15(11-13)24-8-3-9-25-17/h2,10-12H,1,3-9H2,(H,20,23). The smallest absolute Gasteiger partial charge is 0.245 e. The first-order valence-corrected chi connectivity index (χ1v) is 8.77. The quantitative estimate of drug-likeness (QED) is 0.837. The number of hydrogen-bond acceptors (Lipinski definition) is 4. The van der Waals surface area contributed by atoms with Crippen molar-refractivity contribution in [2.24, 2.45) is 5.92 Å². The number of benzene rings is 1. The number of anilines is 1. The number of halogens is 1. The van der Waals surface area contributed by atoms with Crippen LogP contribution >= 0.6 is 11.6 Å². The number of nitrogens with one attached hydrogen (secondary N) is 1. The highest BCUT2D eigenvalue weighted by Gasteiger charge is 2.27. The summed E-state index contributed by atoms with van der Waals surface area (Å²) in [4.78, 5) is 25.8. The lowest BCUT2D eigenvalue weighted by atomic mass is 9.95. The molecule has 0 aromatic heterocycles. The molecule has 1 saturated heterocycles. The summed E-state index contributed by atoms with van der Waals surface area (Å²) >= 11 is 6.25. The summed E-state index contributed by atoms with van der Waals surface area (Å²) in [6, 6.07) is 3.41. The number of amides is 2. The van der Waals surface area contributed by atoms with Gasteiger partial charge in [0.2, 0.25) is 11.8 Å². The van der Waals surface area contributed by atoms with Crippen LogP contribution in [0.4, 0.5) is 5.69 Å². The molecule has 1 N–H and O–H groups in total. The van der Waals surface area contributed by atoms with Crippen molar-refractivity contribution in [3.05, 3.63) is 29.8 Å². The molecule has 2 aliphatic heterocycles. The second kappa shape index (κ2) is 7.78. The Labute approximate surface area is 151 Å². The summed E-state index contributed by atoms with van der Waals surface area (Å²) in [5.41, 5.74) is 0.587. The van der Waals surface area contributed by atoms with Crippen LogP contribution in [0.25, 0.3) is 0 Å². The molecule has 1 aromatic rings. The Kier molecular flexibility index (Phi) is 5.48. The van der Waals surface area contributed by atoms with Crippen LogP contribution in [0, 0.1) is 5.92 Å². The Morgan fingerprint density at radius 1 is 1.24 bits per heavy atom. The SMILES string of the molecule is C=CC(=O)N1CCC(C(=O)Nc2cc(Cl)c3c(c2)OCCCO3)CC1. The number of hydrogen-bond donors (Lipinski definition) is 1. The molecule has 25 heavy (non-hydrogen) atoms. The van der Waals surface area contributed by atoms with Gasteiger partial charge in [0.05, 0.1) is 18.2 Å². The van der Waals surface area contributed by atoms with Crippen molar-refractivity contribution in [2.45, 2.75) is 19.3 Å². The predicted molar refractivity (Wildman–Crippen MR) is 95.2 cm³/mol. The zero-order chi connectivity index (χ0) is 17.8. The van der Waals surface area contributed by atoms with Crippen molar-refractivity contribution >= 4 is 29.1 Å². The molecule has 7 heteroatoms. The van der Waals surface area contributed by atoms with Gasteiger partial charge in [-0.15, -0.1) is 0 Å². The van der Waals surface area contributed by atoms with Gasteiger partial charge in [-0.1, -0.05) is 18.2 Å². The van der Waals surface area contributed by atoms with Crippen LogP contribution < -0.4 is 14.8 Å². The maximum atomic E-state index is 12.5. The molecule has 2 heterocycles. The summed E-state index contributed by atoms with van der Waals surface area (Å²) in [5.74, 6) is 0.772. The van der Waals surface area contributed by atoms with E-state index in [1.54, 1.807) is 17.0 Å². The minimum atomic E-state index is -0.136. The third-order valence-electron chi connectivity index (χ3n) is 4.42. The third kappa shape index (κ3) is 4.07. The highest BCUT2D eigenvalue weighted by atomic mass is 35.5.